The van der Waals surface area contributed by atoms with Crippen LogP contribution in [-0.4, -0.2) is 43.8 Å². The number of carbonyl (C=O) groups excluding carboxylic acids is 1. The molecule has 1 amide bonds. The number of fused-ring (bicyclic) bond motifs is 1. The van der Waals surface area contributed by atoms with Crippen molar-refractivity contribution in [1.82, 2.24) is 19.0 Å². The van der Waals surface area contributed by atoms with E-state index in [1.165, 1.54) is 0 Å². The summed E-state index contributed by atoms with van der Waals surface area (Å²) in [5, 5.41) is 0. The van der Waals surface area contributed by atoms with Gasteiger partial charge in [0.05, 0.1) is 22.4 Å². The number of carbonyl (C=O) groups is 1. The molecule has 0 unspecified atom stereocenters. The van der Waals surface area contributed by atoms with E-state index in [9.17, 15) is 9.59 Å². The molecule has 3 aromatic rings. The van der Waals surface area contributed by atoms with Crippen molar-refractivity contribution in [3.63, 3.8) is 0 Å². The molecular formula is C25H30N4O3. The van der Waals surface area contributed by atoms with Gasteiger partial charge >= 0.3 is 11.8 Å². The Bertz CT molecular complexity index is 1290. The van der Waals surface area contributed by atoms with Crippen molar-refractivity contribution in [2.24, 2.45) is 7.05 Å². The lowest BCUT2D eigenvalue weighted by Crippen LogP contribution is -2.39. The summed E-state index contributed by atoms with van der Waals surface area (Å²) in [6.45, 7) is 10.6. The van der Waals surface area contributed by atoms with Crippen LogP contribution in [0.4, 0.5) is 4.79 Å². The summed E-state index contributed by atoms with van der Waals surface area (Å²) in [6.07, 6.45) is 2.62. The zero-order valence-corrected chi connectivity index (χ0v) is 19.6. The van der Waals surface area contributed by atoms with Gasteiger partial charge in [-0.1, -0.05) is 12.1 Å². The van der Waals surface area contributed by atoms with Crippen molar-refractivity contribution in [2.45, 2.75) is 46.6 Å². The van der Waals surface area contributed by atoms with Crippen LogP contribution in [0, 0.1) is 13.8 Å². The third-order valence-electron chi connectivity index (χ3n) is 5.67. The Morgan fingerprint density at radius 3 is 2.53 bits per heavy atom. The molecule has 1 aliphatic heterocycles. The van der Waals surface area contributed by atoms with Crippen LogP contribution in [0.25, 0.3) is 22.3 Å². The monoisotopic (exact) mass is 434 g/mol. The van der Waals surface area contributed by atoms with Crippen LogP contribution in [0.3, 0.4) is 0 Å². The van der Waals surface area contributed by atoms with E-state index in [-0.39, 0.29) is 11.8 Å². The van der Waals surface area contributed by atoms with E-state index in [0.717, 1.165) is 45.7 Å². The number of hydrogen-bond donors (Lipinski definition) is 0. The van der Waals surface area contributed by atoms with E-state index in [4.69, 9.17) is 4.74 Å². The van der Waals surface area contributed by atoms with Gasteiger partial charge in [-0.25, -0.2) is 9.59 Å². The summed E-state index contributed by atoms with van der Waals surface area (Å²) in [5.41, 5.74) is 5.59. The van der Waals surface area contributed by atoms with E-state index in [1.807, 2.05) is 65.0 Å². The van der Waals surface area contributed by atoms with Gasteiger partial charge in [0.15, 0.2) is 0 Å². The van der Waals surface area contributed by atoms with Gasteiger partial charge in [-0.15, -0.1) is 0 Å². The van der Waals surface area contributed by atoms with Crippen molar-refractivity contribution in [3.05, 3.63) is 63.8 Å². The number of rotatable bonds is 2. The smallest absolute Gasteiger partial charge is 0.410 e. The van der Waals surface area contributed by atoms with Gasteiger partial charge in [-0.05, 0) is 76.4 Å². The van der Waals surface area contributed by atoms with Crippen LogP contribution in [-0.2, 0) is 11.8 Å². The zero-order chi connectivity index (χ0) is 23.2. The first-order chi connectivity index (χ1) is 15.0. The topological polar surface area (TPSA) is 69.4 Å². The largest absolute Gasteiger partial charge is 0.444 e. The number of amides is 1. The van der Waals surface area contributed by atoms with Gasteiger partial charge in [0.2, 0.25) is 0 Å². The van der Waals surface area contributed by atoms with Crippen LogP contribution in [0.2, 0.25) is 0 Å². The molecule has 1 aliphatic rings. The summed E-state index contributed by atoms with van der Waals surface area (Å²) in [6, 6.07) is 9.86. The second kappa shape index (κ2) is 7.97. The number of ether oxygens (including phenoxy) is 1. The Morgan fingerprint density at radius 2 is 1.84 bits per heavy atom. The van der Waals surface area contributed by atoms with Crippen molar-refractivity contribution < 1.29 is 9.53 Å². The van der Waals surface area contributed by atoms with E-state index in [0.29, 0.717) is 13.1 Å². The first-order valence-electron chi connectivity index (χ1n) is 10.9. The molecule has 0 fully saturated rings. The van der Waals surface area contributed by atoms with Gasteiger partial charge in [-0.3, -0.25) is 14.1 Å². The molecule has 0 radical (unpaired) electrons. The lowest BCUT2D eigenvalue weighted by molar-refractivity contribution is 0.0273. The molecule has 3 heterocycles. The molecule has 32 heavy (non-hydrogen) atoms. The van der Waals surface area contributed by atoms with Gasteiger partial charge < -0.3 is 9.64 Å². The van der Waals surface area contributed by atoms with E-state index < -0.39 is 5.60 Å². The molecule has 0 bridgehead atoms. The highest BCUT2D eigenvalue weighted by Gasteiger charge is 2.25. The molecule has 0 spiro atoms. The van der Waals surface area contributed by atoms with Crippen LogP contribution in [0.5, 0.6) is 0 Å². The van der Waals surface area contributed by atoms with Crippen LogP contribution < -0.4 is 5.69 Å². The van der Waals surface area contributed by atoms with Gasteiger partial charge in [0, 0.05) is 25.8 Å². The molecule has 2 aromatic heterocycles. The van der Waals surface area contributed by atoms with Crippen molar-refractivity contribution in [2.75, 3.05) is 13.1 Å². The lowest BCUT2D eigenvalue weighted by Gasteiger charge is -2.30. The minimum atomic E-state index is -0.526. The SMILES string of the molecule is Cc1ccc(-n2c(=O)n(C)c3cc(C4=CCCN(C(=O)OC(C)(C)C)C4)ccc32)c(C)n1. The van der Waals surface area contributed by atoms with Crippen LogP contribution in [0.1, 0.15) is 44.1 Å². The van der Waals surface area contributed by atoms with E-state index in [1.54, 1.807) is 21.1 Å². The quantitative estimate of drug-likeness (QED) is 0.601. The molecule has 168 valence electrons. The fourth-order valence-electron chi connectivity index (χ4n) is 4.12. The number of pyridine rings is 1. The Kier molecular flexibility index (Phi) is 5.44. The highest BCUT2D eigenvalue weighted by molar-refractivity contribution is 5.84. The maximum Gasteiger partial charge on any atom is 0.410 e. The molecule has 0 aliphatic carbocycles. The maximum absolute atomic E-state index is 13.1. The average Bonchev–Trinajstić information content (AvgIpc) is 2.97. The predicted molar refractivity (Wildman–Crippen MR) is 126 cm³/mol. The summed E-state index contributed by atoms with van der Waals surface area (Å²) in [7, 11) is 1.78. The van der Waals surface area contributed by atoms with Gasteiger partial charge in [-0.2, -0.15) is 0 Å². The molecule has 0 N–H and O–H groups in total. The van der Waals surface area contributed by atoms with E-state index >= 15 is 0 Å². The average molecular weight is 435 g/mol. The summed E-state index contributed by atoms with van der Waals surface area (Å²) < 4.78 is 8.91. The number of aromatic nitrogens is 3. The number of nitrogens with zero attached hydrogens (tertiary/aromatic N) is 4. The Hall–Kier alpha value is -3.35. The van der Waals surface area contributed by atoms with Gasteiger partial charge in [0.25, 0.3) is 0 Å². The second-order valence-corrected chi connectivity index (χ2v) is 9.36. The van der Waals surface area contributed by atoms with E-state index in [2.05, 4.69) is 11.1 Å². The summed E-state index contributed by atoms with van der Waals surface area (Å²) in [5.74, 6) is 0. The molecule has 0 saturated carbocycles. The zero-order valence-electron chi connectivity index (χ0n) is 19.6. The Labute approximate surface area is 187 Å². The predicted octanol–water partition coefficient (Wildman–Crippen LogP) is 4.37. The van der Waals surface area contributed by atoms with Crippen LogP contribution in [0.15, 0.2) is 41.2 Å². The molecular weight excluding hydrogens is 404 g/mol. The molecule has 0 saturated heterocycles. The van der Waals surface area contributed by atoms with Crippen LogP contribution >= 0.6 is 0 Å². The number of hydrogen-bond acceptors (Lipinski definition) is 4. The van der Waals surface area contributed by atoms with Crippen molar-refractivity contribution in [1.29, 1.82) is 0 Å². The first kappa shape index (κ1) is 21.9. The standard InChI is InChI=1S/C25H30N4O3/c1-16-9-11-20(17(2)26-16)29-21-12-10-18(14-22(21)27(6)23(29)30)19-8-7-13-28(15-19)24(31)32-25(3,4)5/h8-12,14H,7,13,15H2,1-6H3. The van der Waals surface area contributed by atoms with Crippen molar-refractivity contribution in [3.8, 4) is 5.69 Å². The number of aryl methyl sites for hydroxylation is 3. The fourth-order valence-corrected chi connectivity index (χ4v) is 4.12. The maximum atomic E-state index is 13.1. The minimum absolute atomic E-state index is 0.112. The van der Waals surface area contributed by atoms with Gasteiger partial charge in [0.1, 0.15) is 5.60 Å². The van der Waals surface area contributed by atoms with Crippen molar-refractivity contribution >= 4 is 22.7 Å². The normalized spacial score (nSPS) is 14.6. The summed E-state index contributed by atoms with van der Waals surface area (Å²) in [4.78, 5) is 31.9. The Balaban J connectivity index is 1.71. The molecule has 0 atom stereocenters. The number of imidazole rings is 1. The highest BCUT2D eigenvalue weighted by Crippen LogP contribution is 2.27. The number of benzene rings is 1. The third kappa shape index (κ3) is 4.07. The summed E-state index contributed by atoms with van der Waals surface area (Å²) >= 11 is 0. The second-order valence-electron chi connectivity index (χ2n) is 9.36. The third-order valence-corrected chi connectivity index (χ3v) is 5.67. The minimum Gasteiger partial charge on any atom is -0.444 e. The molecule has 4 rings (SSSR count). The fraction of sp³-hybridized carbons (Fsp3) is 0.400. The highest BCUT2D eigenvalue weighted by atomic mass is 16.6. The first-order valence-corrected chi connectivity index (χ1v) is 10.9. The molecule has 7 heteroatoms. The molecule has 1 aromatic carbocycles. The Morgan fingerprint density at radius 1 is 1.09 bits per heavy atom. The lowest BCUT2D eigenvalue weighted by atomic mass is 10.0. The molecule has 7 nitrogen and oxygen atoms in total.